The standard InChI is InChI=1S/C34H24N4O22S6.Na/c39-23-13-21(61(43,44)45)7-17-9-27(65(55,56)57)31(33(41)29(17)23)37-35-19-5-3-15(25(11-19)63(49,50)51)1-2-16-4-6-20(12-26(16)64(52,53)54)36-38-32-28(66(58,59)60)10-18-8-22(62(46,47)48)14-24(40)30(18)34(32)42;/h1-14,39-42H,(H,43,44,45)(H,46,47,48)(H,49,50,51)(H,52,53,54)(H,55,56,57)(H,58,59,60);/q;+1/p-1/b2-1+,37-35?,38-36?;. The first-order valence-electron chi connectivity index (χ1n) is 16.8. The number of fused-ring (bicyclic) bond motifs is 2. The van der Waals surface area contributed by atoms with Crippen LogP contribution in [0.1, 0.15) is 11.1 Å². The summed E-state index contributed by atoms with van der Waals surface area (Å²) in [4.78, 5) is -6.37. The van der Waals surface area contributed by atoms with Gasteiger partial charge in [0.2, 0.25) is 0 Å². The average Bonchev–Trinajstić information content (AvgIpc) is 3.16. The van der Waals surface area contributed by atoms with Gasteiger partial charge in [0.25, 0.3) is 50.6 Å². The van der Waals surface area contributed by atoms with Gasteiger partial charge in [-0.25, -0.2) is 8.42 Å². The van der Waals surface area contributed by atoms with E-state index < -0.39 is 169 Å². The summed E-state index contributed by atoms with van der Waals surface area (Å²) in [7, 11) is -31.4. The Balaban J connectivity index is 0.00000840. The fourth-order valence-corrected chi connectivity index (χ4v) is 9.83. The first kappa shape index (κ1) is 52.4. The van der Waals surface area contributed by atoms with Gasteiger partial charge in [-0.05, 0) is 76.5 Å². The predicted molar refractivity (Wildman–Crippen MR) is 222 cm³/mol. The normalized spacial score (nSPS) is 13.3. The molecule has 6 rings (SSSR count). The Morgan fingerprint density at radius 3 is 1.09 bits per heavy atom. The maximum atomic E-state index is 12.5. The van der Waals surface area contributed by atoms with Crippen LogP contribution >= 0.6 is 0 Å². The average molecular weight is 1050 g/mol. The van der Waals surface area contributed by atoms with Crippen LogP contribution in [0, 0.1) is 0 Å². The minimum atomic E-state index is -5.35. The monoisotopic (exact) mass is 1050 g/mol. The van der Waals surface area contributed by atoms with E-state index in [1.54, 1.807) is 0 Å². The molecule has 0 fully saturated rings. The summed E-state index contributed by atoms with van der Waals surface area (Å²) >= 11 is 0. The zero-order chi connectivity index (χ0) is 49.3. The van der Waals surface area contributed by atoms with Gasteiger partial charge < -0.3 is 25.0 Å². The summed E-state index contributed by atoms with van der Waals surface area (Å²) in [5, 5.41) is 54.4. The van der Waals surface area contributed by atoms with E-state index in [2.05, 4.69) is 20.5 Å². The van der Waals surface area contributed by atoms with E-state index in [-0.39, 0.29) is 29.6 Å². The molecule has 67 heavy (non-hydrogen) atoms. The Kier molecular flexibility index (Phi) is 14.2. The van der Waals surface area contributed by atoms with Crippen LogP contribution in [0.3, 0.4) is 0 Å². The van der Waals surface area contributed by atoms with Crippen molar-refractivity contribution in [3.63, 3.8) is 0 Å². The van der Waals surface area contributed by atoms with Gasteiger partial charge in [-0.3, -0.25) is 22.8 Å². The van der Waals surface area contributed by atoms with E-state index in [0.29, 0.717) is 48.5 Å². The number of phenolic OH excluding ortho intramolecular Hbond substituents is 4. The van der Waals surface area contributed by atoms with Crippen molar-refractivity contribution in [3.05, 3.63) is 83.9 Å². The fraction of sp³-hybridized carbons (Fsp3) is 0. The molecule has 26 nitrogen and oxygen atoms in total. The zero-order valence-electron chi connectivity index (χ0n) is 32.7. The topological polar surface area (TPSA) is 459 Å². The zero-order valence-corrected chi connectivity index (χ0v) is 39.6. The molecule has 0 amide bonds. The number of aromatic hydroxyl groups is 4. The van der Waals surface area contributed by atoms with Gasteiger partial charge in [-0.15, -0.1) is 10.2 Å². The van der Waals surface area contributed by atoms with Crippen molar-refractivity contribution in [2.24, 2.45) is 20.5 Å². The second-order valence-electron chi connectivity index (χ2n) is 13.2. The van der Waals surface area contributed by atoms with E-state index >= 15 is 0 Å². The third kappa shape index (κ3) is 11.3. The molecular formula is C34H23N4NaO22S6. The number of azo groups is 2. The van der Waals surface area contributed by atoms with Gasteiger partial charge >= 0.3 is 29.6 Å². The van der Waals surface area contributed by atoms with E-state index in [1.165, 1.54) is 0 Å². The number of rotatable bonds is 12. The minimum Gasteiger partial charge on any atom is -0.744 e. The van der Waals surface area contributed by atoms with Crippen molar-refractivity contribution in [1.82, 2.24) is 0 Å². The quantitative estimate of drug-likeness (QED) is 0.0366. The van der Waals surface area contributed by atoms with Crippen LogP contribution in [0.5, 0.6) is 23.0 Å². The van der Waals surface area contributed by atoms with Crippen LogP contribution in [-0.4, -0.2) is 98.2 Å². The summed E-state index contributed by atoms with van der Waals surface area (Å²) < 4.78 is 206. The van der Waals surface area contributed by atoms with E-state index in [1.807, 2.05) is 0 Å². The van der Waals surface area contributed by atoms with E-state index in [4.69, 9.17) is 0 Å². The molecule has 0 atom stereocenters. The predicted octanol–water partition coefficient (Wildman–Crippen LogP) is 1.96. The van der Waals surface area contributed by atoms with Crippen molar-refractivity contribution in [3.8, 4) is 23.0 Å². The fourth-order valence-electron chi connectivity index (χ4n) is 6.04. The first-order valence-corrected chi connectivity index (χ1v) is 25.5. The van der Waals surface area contributed by atoms with Gasteiger partial charge in [0.05, 0.1) is 31.9 Å². The maximum Gasteiger partial charge on any atom is 1.00 e. The van der Waals surface area contributed by atoms with Crippen LogP contribution in [0.2, 0.25) is 0 Å². The second kappa shape index (κ2) is 18.2. The molecule has 348 valence electrons. The van der Waals surface area contributed by atoms with Crippen LogP contribution in [0.4, 0.5) is 22.7 Å². The molecule has 0 heterocycles. The number of phenols is 4. The molecule has 0 aromatic heterocycles. The number of benzene rings is 6. The van der Waals surface area contributed by atoms with Gasteiger partial charge in [-0.2, -0.15) is 52.3 Å². The molecule has 33 heteroatoms. The van der Waals surface area contributed by atoms with Crippen molar-refractivity contribution in [2.75, 3.05) is 0 Å². The van der Waals surface area contributed by atoms with Gasteiger partial charge in [0.1, 0.15) is 52.6 Å². The van der Waals surface area contributed by atoms with Crippen LogP contribution in [0.25, 0.3) is 33.7 Å². The third-order valence-electron chi connectivity index (χ3n) is 8.87. The molecule has 0 radical (unpaired) electrons. The summed E-state index contributed by atoms with van der Waals surface area (Å²) in [6.07, 6.45) is 1.79. The molecule has 0 aliphatic heterocycles. The van der Waals surface area contributed by atoms with Crippen molar-refractivity contribution in [2.45, 2.75) is 29.4 Å². The van der Waals surface area contributed by atoms with Crippen molar-refractivity contribution in [1.29, 1.82) is 0 Å². The van der Waals surface area contributed by atoms with Crippen LogP contribution < -0.4 is 29.6 Å². The Morgan fingerprint density at radius 1 is 0.418 bits per heavy atom. The van der Waals surface area contributed by atoms with E-state index in [9.17, 15) is 98.2 Å². The summed E-state index contributed by atoms with van der Waals surface area (Å²) in [6.45, 7) is 0. The maximum absolute atomic E-state index is 12.5. The molecule has 0 saturated carbocycles. The molecule has 0 aliphatic carbocycles. The van der Waals surface area contributed by atoms with Crippen molar-refractivity contribution >= 4 is 117 Å². The van der Waals surface area contributed by atoms with Crippen LogP contribution in [0.15, 0.2) is 123 Å². The molecular weight excluding hydrogens is 1030 g/mol. The molecule has 0 saturated heterocycles. The largest absolute Gasteiger partial charge is 1.00 e. The third-order valence-corrected chi connectivity index (χ3v) is 14.1. The van der Waals surface area contributed by atoms with Crippen LogP contribution in [-0.2, 0) is 60.7 Å². The number of hydrogen-bond donors (Lipinski definition) is 9. The van der Waals surface area contributed by atoms with Crippen molar-refractivity contribution < 1.29 is 128 Å². The van der Waals surface area contributed by atoms with E-state index in [0.717, 1.165) is 36.4 Å². The Hall–Kier alpha value is -5.56. The molecule has 6 aromatic carbocycles. The van der Waals surface area contributed by atoms with Gasteiger partial charge in [0, 0.05) is 6.07 Å². The van der Waals surface area contributed by atoms with Gasteiger partial charge in [-0.1, -0.05) is 24.3 Å². The van der Waals surface area contributed by atoms with Gasteiger partial charge in [0.15, 0.2) is 11.5 Å². The summed E-state index contributed by atoms with van der Waals surface area (Å²) in [5.74, 6) is -4.50. The molecule has 0 aliphatic rings. The summed E-state index contributed by atoms with van der Waals surface area (Å²) in [6, 6.07) is 8.32. The number of hydrogen-bond acceptors (Lipinski definition) is 21. The SMILES string of the molecule is O=S(=O)([O-])c1cc(O)c2c(O)c(N=Nc3ccc(/C=C/c4ccc(N=Nc5c(S(=O)(=O)O)cc6cc(S(=O)(=O)O)cc(O)c6c5O)cc4S(=O)(=O)O)c(S(=O)(=O)O)c3)c(S(=O)(=O)O)cc2c1.[Na+]. The summed E-state index contributed by atoms with van der Waals surface area (Å²) in [5.41, 5.74) is -4.01. The molecule has 0 unspecified atom stereocenters. The molecule has 0 bridgehead atoms. The smallest absolute Gasteiger partial charge is 0.744 e. The molecule has 9 N–H and O–H groups in total. The Bertz CT molecular complexity index is 3670. The second-order valence-corrected chi connectivity index (χ2v) is 21.6. The Labute approximate surface area is 398 Å². The number of nitrogens with zero attached hydrogens (tertiary/aromatic N) is 4. The first-order chi connectivity index (χ1) is 30.2. The molecule has 6 aromatic rings. The minimum absolute atomic E-state index is 0. The Morgan fingerprint density at radius 2 is 0.761 bits per heavy atom. The molecule has 0 spiro atoms.